The molecule has 0 spiro atoms. The molecule has 0 bridgehead atoms. The third-order valence-corrected chi connectivity index (χ3v) is 8.81. The number of hydrogen-bond donors (Lipinski definition) is 1. The molecule has 52 heavy (non-hydrogen) atoms. The highest BCUT2D eigenvalue weighted by atomic mass is 19.4. The molecule has 268 valence electrons. The van der Waals surface area contributed by atoms with Crippen molar-refractivity contribution in [3.8, 4) is 23.0 Å². The third kappa shape index (κ3) is 8.31. The van der Waals surface area contributed by atoms with Crippen LogP contribution in [0.3, 0.4) is 0 Å². The number of carbonyl (C=O) groups excluding carboxylic acids is 2. The molecule has 6 rings (SSSR count). The predicted octanol–water partition coefficient (Wildman–Crippen LogP) is 7.64. The number of benzene rings is 5. The number of hydrogen-bond acceptors (Lipinski definition) is 6. The molecule has 8 nitrogen and oxygen atoms in total. The molecule has 5 aromatic rings. The second-order valence-corrected chi connectivity index (χ2v) is 12.3. The van der Waals surface area contributed by atoms with E-state index < -0.39 is 30.2 Å². The Labute approximate surface area is 299 Å². The van der Waals surface area contributed by atoms with Gasteiger partial charge in [0.15, 0.2) is 11.5 Å². The first kappa shape index (κ1) is 35.8. The van der Waals surface area contributed by atoms with Gasteiger partial charge < -0.3 is 24.2 Å². The van der Waals surface area contributed by atoms with Gasteiger partial charge >= 0.3 is 12.1 Å². The minimum atomic E-state index is -5.29. The summed E-state index contributed by atoms with van der Waals surface area (Å²) >= 11 is 0. The first-order valence-electron chi connectivity index (χ1n) is 16.7. The van der Waals surface area contributed by atoms with Crippen LogP contribution in [0, 0.1) is 0 Å². The summed E-state index contributed by atoms with van der Waals surface area (Å²) < 4.78 is 61.8. The fraction of sp³-hybridized carbons (Fsp3) is 0.220. The van der Waals surface area contributed by atoms with Crippen molar-refractivity contribution in [2.24, 2.45) is 0 Å². The normalized spacial score (nSPS) is 15.8. The van der Waals surface area contributed by atoms with Gasteiger partial charge in [-0.3, -0.25) is 14.5 Å². The van der Waals surface area contributed by atoms with Crippen LogP contribution in [0.2, 0.25) is 0 Å². The van der Waals surface area contributed by atoms with Crippen LogP contribution in [0.15, 0.2) is 127 Å². The summed E-state index contributed by atoms with van der Waals surface area (Å²) in [7, 11) is 1.43. The molecule has 0 radical (unpaired) electrons. The lowest BCUT2D eigenvalue weighted by molar-refractivity contribution is -0.190. The van der Waals surface area contributed by atoms with Crippen molar-refractivity contribution in [1.82, 2.24) is 9.80 Å². The summed E-state index contributed by atoms with van der Waals surface area (Å²) in [5.74, 6) is -2.22. The van der Waals surface area contributed by atoms with Crippen molar-refractivity contribution in [3.63, 3.8) is 0 Å². The Morgan fingerprint density at radius 1 is 0.731 bits per heavy atom. The minimum absolute atomic E-state index is 0.0341. The molecule has 1 N–H and O–H groups in total. The monoisotopic (exact) mass is 710 g/mol. The van der Waals surface area contributed by atoms with Crippen LogP contribution in [-0.2, 0) is 35.6 Å². The van der Waals surface area contributed by atoms with Crippen LogP contribution in [0.1, 0.15) is 34.0 Å². The first-order chi connectivity index (χ1) is 25.1. The molecule has 1 unspecified atom stereocenters. The van der Waals surface area contributed by atoms with E-state index in [9.17, 15) is 27.9 Å². The lowest BCUT2D eigenvalue weighted by atomic mass is 10.0. The molecule has 0 saturated carbocycles. The Morgan fingerprint density at radius 2 is 1.23 bits per heavy atom. The molecule has 1 aliphatic rings. The molecule has 11 heteroatoms. The predicted molar refractivity (Wildman–Crippen MR) is 188 cm³/mol. The molecule has 5 aromatic carbocycles. The summed E-state index contributed by atoms with van der Waals surface area (Å²) in [4.78, 5) is 29.8. The average Bonchev–Trinajstić information content (AvgIpc) is 3.42. The zero-order valence-electron chi connectivity index (χ0n) is 28.3. The maximum atomic E-state index is 14.5. The van der Waals surface area contributed by atoms with Gasteiger partial charge in [0.25, 0.3) is 0 Å². The Hall–Kier alpha value is -5.97. The first-order valence-corrected chi connectivity index (χ1v) is 16.7. The van der Waals surface area contributed by atoms with Gasteiger partial charge in [0.05, 0.1) is 7.11 Å². The SMILES string of the molecule is COc1c(OCc2ccccc2)cc(C2N(CCc3ccc(O)cc3)C(=O)[C@@H](Cc3ccccc3)N2C(=O)C(F)(F)F)cc1OCc1ccccc1. The average molecular weight is 711 g/mol. The van der Waals surface area contributed by atoms with E-state index in [-0.39, 0.29) is 61.2 Å². The lowest BCUT2D eigenvalue weighted by Gasteiger charge is -2.33. The number of halogens is 3. The van der Waals surface area contributed by atoms with Gasteiger partial charge in [-0.1, -0.05) is 103 Å². The van der Waals surface area contributed by atoms with Gasteiger partial charge in [-0.2, -0.15) is 13.2 Å². The van der Waals surface area contributed by atoms with Crippen LogP contribution in [0.25, 0.3) is 0 Å². The third-order valence-electron chi connectivity index (χ3n) is 8.81. The van der Waals surface area contributed by atoms with Gasteiger partial charge in [0.2, 0.25) is 11.7 Å². The second-order valence-electron chi connectivity index (χ2n) is 12.3. The zero-order chi connectivity index (χ0) is 36.7. The standard InChI is InChI=1S/C41H37F3N2O6/c1-50-37-35(51-26-30-13-7-3-8-14-30)24-32(25-36(37)52-27-31-15-9-4-10-16-31)38-45(22-21-28-17-19-33(47)20-18-28)39(48)34(23-29-11-5-2-6-12-29)46(38)40(49)41(42,43)44/h2-20,24-25,34,38,47H,21-23,26-27H2,1H3/t34-,38?/m1/s1. The van der Waals surface area contributed by atoms with Crippen LogP contribution < -0.4 is 14.2 Å². The van der Waals surface area contributed by atoms with Gasteiger partial charge in [-0.05, 0) is 52.9 Å². The number of alkyl halides is 3. The maximum absolute atomic E-state index is 14.5. The Kier molecular flexibility index (Phi) is 11.0. The molecule has 1 heterocycles. The molecule has 1 aliphatic heterocycles. The Balaban J connectivity index is 1.48. The molecule has 1 saturated heterocycles. The number of rotatable bonds is 13. The number of phenolic OH excluding ortho intramolecular Hbond substituents is 1. The van der Waals surface area contributed by atoms with Gasteiger partial charge in [0.1, 0.15) is 31.2 Å². The number of ether oxygens (including phenoxy) is 3. The van der Waals surface area contributed by atoms with Gasteiger partial charge in [-0.25, -0.2) is 0 Å². The van der Waals surface area contributed by atoms with Crippen molar-refractivity contribution < 1.29 is 42.1 Å². The summed E-state index contributed by atoms with van der Waals surface area (Å²) in [6, 6.07) is 35.1. The molecule has 0 aliphatic carbocycles. The molecule has 2 atom stereocenters. The van der Waals surface area contributed by atoms with Crippen LogP contribution >= 0.6 is 0 Å². The molecular formula is C41H37F3N2O6. The Morgan fingerprint density at radius 3 is 1.71 bits per heavy atom. The quantitative estimate of drug-likeness (QED) is 0.135. The van der Waals surface area contributed by atoms with Crippen molar-refractivity contribution in [1.29, 1.82) is 0 Å². The van der Waals surface area contributed by atoms with E-state index in [2.05, 4.69) is 0 Å². The van der Waals surface area contributed by atoms with E-state index >= 15 is 0 Å². The van der Waals surface area contributed by atoms with Crippen LogP contribution in [-0.4, -0.2) is 52.6 Å². The van der Waals surface area contributed by atoms with Crippen molar-refractivity contribution in [3.05, 3.63) is 155 Å². The van der Waals surface area contributed by atoms with E-state index in [1.54, 1.807) is 42.5 Å². The summed E-state index contributed by atoms with van der Waals surface area (Å²) in [5.41, 5.74) is 3.14. The number of carbonyl (C=O) groups is 2. The number of phenols is 1. The number of aromatic hydroxyl groups is 1. The summed E-state index contributed by atoms with van der Waals surface area (Å²) in [6.45, 7) is 0.150. The topological polar surface area (TPSA) is 88.5 Å². The smallest absolute Gasteiger partial charge is 0.471 e. The highest BCUT2D eigenvalue weighted by Crippen LogP contribution is 2.46. The number of amides is 2. The van der Waals surface area contributed by atoms with Crippen LogP contribution in [0.5, 0.6) is 23.0 Å². The van der Waals surface area contributed by atoms with E-state index in [1.807, 2.05) is 60.7 Å². The largest absolute Gasteiger partial charge is 0.508 e. The second kappa shape index (κ2) is 15.9. The Bertz CT molecular complexity index is 1890. The lowest BCUT2D eigenvalue weighted by Crippen LogP contribution is -2.47. The van der Waals surface area contributed by atoms with Crippen molar-refractivity contribution in [2.75, 3.05) is 13.7 Å². The van der Waals surface area contributed by atoms with Crippen molar-refractivity contribution >= 4 is 11.8 Å². The number of nitrogens with zero attached hydrogens (tertiary/aromatic N) is 2. The maximum Gasteiger partial charge on any atom is 0.471 e. The van der Waals surface area contributed by atoms with E-state index in [1.165, 1.54) is 36.3 Å². The molecule has 2 amide bonds. The van der Waals surface area contributed by atoms with E-state index in [0.717, 1.165) is 16.7 Å². The van der Waals surface area contributed by atoms with Gasteiger partial charge in [-0.15, -0.1) is 0 Å². The number of methoxy groups -OCH3 is 1. The highest BCUT2D eigenvalue weighted by molar-refractivity contribution is 5.94. The van der Waals surface area contributed by atoms with E-state index in [4.69, 9.17) is 14.2 Å². The highest BCUT2D eigenvalue weighted by Gasteiger charge is 2.56. The molecular weight excluding hydrogens is 673 g/mol. The zero-order valence-corrected chi connectivity index (χ0v) is 28.3. The minimum Gasteiger partial charge on any atom is -0.508 e. The molecule has 0 aromatic heterocycles. The van der Waals surface area contributed by atoms with E-state index in [0.29, 0.717) is 10.5 Å². The summed E-state index contributed by atoms with van der Waals surface area (Å²) in [6.07, 6.45) is -6.68. The fourth-order valence-corrected chi connectivity index (χ4v) is 6.29. The molecule has 1 fully saturated rings. The van der Waals surface area contributed by atoms with Crippen LogP contribution in [0.4, 0.5) is 13.2 Å². The summed E-state index contributed by atoms with van der Waals surface area (Å²) in [5, 5.41) is 9.79. The fourth-order valence-electron chi connectivity index (χ4n) is 6.29. The van der Waals surface area contributed by atoms with Crippen molar-refractivity contribution in [2.45, 2.75) is 44.4 Å². The van der Waals surface area contributed by atoms with Gasteiger partial charge in [0, 0.05) is 18.5 Å².